The van der Waals surface area contributed by atoms with Gasteiger partial charge in [0.15, 0.2) is 0 Å². The van der Waals surface area contributed by atoms with Crippen LogP contribution in [0.1, 0.15) is 12.0 Å². The molecule has 0 saturated heterocycles. The van der Waals surface area contributed by atoms with Gasteiger partial charge in [0.2, 0.25) is 0 Å². The van der Waals surface area contributed by atoms with Crippen LogP contribution in [0.2, 0.25) is 0 Å². The van der Waals surface area contributed by atoms with Crippen LogP contribution in [0.3, 0.4) is 0 Å². The van der Waals surface area contributed by atoms with E-state index in [2.05, 4.69) is 0 Å². The highest BCUT2D eigenvalue weighted by Gasteiger charge is 2.20. The van der Waals surface area contributed by atoms with Crippen LogP contribution in [0.15, 0.2) is 30.3 Å². The first-order chi connectivity index (χ1) is 8.99. The molecule has 0 aliphatic heterocycles. The van der Waals surface area contributed by atoms with E-state index in [1.165, 1.54) is 5.56 Å². The summed E-state index contributed by atoms with van der Waals surface area (Å²) in [6, 6.07) is 9.94. The van der Waals surface area contributed by atoms with Gasteiger partial charge in [-0.05, 0) is 32.5 Å². The Bertz CT molecular complexity index is 397. The fourth-order valence-electron chi connectivity index (χ4n) is 1.48. The number of hydrogen-bond acceptors (Lipinski definition) is 4. The molecular weight excluding hydrogens is 265 g/mol. The molecule has 0 aliphatic carbocycles. The summed E-state index contributed by atoms with van der Waals surface area (Å²) in [6.07, 6.45) is 1.50. The van der Waals surface area contributed by atoms with Crippen molar-refractivity contribution in [3.05, 3.63) is 35.9 Å². The Morgan fingerprint density at radius 1 is 1.16 bits per heavy atom. The Kier molecular flexibility index (Phi) is 7.28. The van der Waals surface area contributed by atoms with Gasteiger partial charge in [0.1, 0.15) is 0 Å². The van der Waals surface area contributed by atoms with Crippen molar-refractivity contribution in [1.82, 2.24) is 4.90 Å². The van der Waals surface area contributed by atoms with Crippen molar-refractivity contribution in [2.24, 2.45) is 0 Å². The van der Waals surface area contributed by atoms with Crippen LogP contribution >= 0.6 is 7.82 Å². The summed E-state index contributed by atoms with van der Waals surface area (Å²) >= 11 is 0. The maximum atomic E-state index is 11.5. The van der Waals surface area contributed by atoms with Gasteiger partial charge in [-0.25, -0.2) is 4.57 Å². The Balaban J connectivity index is 2.15. The summed E-state index contributed by atoms with van der Waals surface area (Å²) < 4.78 is 21.2. The molecule has 0 fully saturated rings. The Hall–Kier alpha value is -0.710. The molecule has 5 nitrogen and oxygen atoms in total. The maximum Gasteiger partial charge on any atom is 0.472 e. The van der Waals surface area contributed by atoms with Gasteiger partial charge >= 0.3 is 7.82 Å². The molecule has 1 aromatic rings. The van der Waals surface area contributed by atoms with Gasteiger partial charge in [0.25, 0.3) is 0 Å². The highest BCUT2D eigenvalue weighted by Crippen LogP contribution is 2.43. The summed E-state index contributed by atoms with van der Waals surface area (Å²) in [5.74, 6) is 0. The van der Waals surface area contributed by atoms with Gasteiger partial charge < -0.3 is 9.79 Å². The Morgan fingerprint density at radius 3 is 2.42 bits per heavy atom. The SMILES string of the molecule is CN(C)CCOP(=O)(O)OCCCc1ccccc1. The second kappa shape index (κ2) is 8.46. The first kappa shape index (κ1) is 16.3. The lowest BCUT2D eigenvalue weighted by Gasteiger charge is -2.14. The number of hydrogen-bond donors (Lipinski definition) is 1. The Labute approximate surface area is 114 Å². The van der Waals surface area contributed by atoms with E-state index >= 15 is 0 Å². The zero-order valence-corrected chi connectivity index (χ0v) is 12.4. The monoisotopic (exact) mass is 287 g/mol. The molecule has 1 aromatic carbocycles. The fourth-order valence-corrected chi connectivity index (χ4v) is 2.22. The number of phosphoric acid groups is 1. The van der Waals surface area contributed by atoms with Crippen molar-refractivity contribution in [1.29, 1.82) is 0 Å². The molecule has 108 valence electrons. The molecule has 0 aromatic heterocycles. The van der Waals surface area contributed by atoms with E-state index in [9.17, 15) is 9.46 Å². The predicted molar refractivity (Wildman–Crippen MR) is 75.0 cm³/mol. The van der Waals surface area contributed by atoms with Crippen LogP contribution in [-0.4, -0.2) is 43.6 Å². The standard InChI is InChI=1S/C13H22NO4P/c1-14(2)10-12-18-19(15,16)17-11-6-9-13-7-4-3-5-8-13/h3-5,7-8H,6,9-12H2,1-2H3,(H,15,16). The number of nitrogens with zero attached hydrogens (tertiary/aromatic N) is 1. The lowest BCUT2D eigenvalue weighted by molar-refractivity contribution is 0.139. The molecule has 1 unspecified atom stereocenters. The van der Waals surface area contributed by atoms with Crippen molar-refractivity contribution < 1.29 is 18.5 Å². The molecular formula is C13H22NO4P. The quantitative estimate of drug-likeness (QED) is 0.558. The molecule has 1 N–H and O–H groups in total. The second-order valence-electron chi connectivity index (χ2n) is 4.53. The van der Waals surface area contributed by atoms with Crippen molar-refractivity contribution in [3.8, 4) is 0 Å². The van der Waals surface area contributed by atoms with Crippen molar-refractivity contribution in [2.75, 3.05) is 33.9 Å². The van der Waals surface area contributed by atoms with Crippen LogP contribution in [0.5, 0.6) is 0 Å². The van der Waals surface area contributed by atoms with E-state index in [1.54, 1.807) is 0 Å². The van der Waals surface area contributed by atoms with Gasteiger partial charge in [0.05, 0.1) is 13.2 Å². The number of likely N-dealkylation sites (N-methyl/N-ethyl adjacent to an activating group) is 1. The van der Waals surface area contributed by atoms with E-state index in [1.807, 2.05) is 49.3 Å². The van der Waals surface area contributed by atoms with Crippen molar-refractivity contribution in [2.45, 2.75) is 12.8 Å². The van der Waals surface area contributed by atoms with Crippen LogP contribution in [0, 0.1) is 0 Å². The molecule has 0 heterocycles. The van der Waals surface area contributed by atoms with Gasteiger partial charge in [-0.15, -0.1) is 0 Å². The molecule has 0 bridgehead atoms. The molecule has 0 saturated carbocycles. The first-order valence-electron chi connectivity index (χ1n) is 6.30. The highest BCUT2D eigenvalue weighted by molar-refractivity contribution is 7.47. The predicted octanol–water partition coefficient (Wildman–Crippen LogP) is 2.31. The lowest BCUT2D eigenvalue weighted by Crippen LogP contribution is -2.17. The van der Waals surface area contributed by atoms with Crippen LogP contribution < -0.4 is 0 Å². The molecule has 19 heavy (non-hydrogen) atoms. The van der Waals surface area contributed by atoms with Gasteiger partial charge in [-0.3, -0.25) is 9.05 Å². The minimum absolute atomic E-state index is 0.180. The van der Waals surface area contributed by atoms with Gasteiger partial charge in [-0.2, -0.15) is 0 Å². The average Bonchev–Trinajstić information content (AvgIpc) is 2.35. The third-order valence-corrected chi connectivity index (χ3v) is 3.52. The molecule has 0 spiro atoms. The molecule has 6 heteroatoms. The molecule has 0 radical (unpaired) electrons. The lowest BCUT2D eigenvalue weighted by atomic mass is 10.1. The summed E-state index contributed by atoms with van der Waals surface area (Å²) in [5.41, 5.74) is 1.19. The first-order valence-corrected chi connectivity index (χ1v) is 7.80. The van der Waals surface area contributed by atoms with E-state index in [0.717, 1.165) is 6.42 Å². The molecule has 0 aliphatic rings. The summed E-state index contributed by atoms with van der Waals surface area (Å²) in [4.78, 5) is 11.3. The fraction of sp³-hybridized carbons (Fsp3) is 0.538. The van der Waals surface area contributed by atoms with Crippen LogP contribution in [0.4, 0.5) is 0 Å². The summed E-state index contributed by atoms with van der Waals surface area (Å²) in [7, 11) is -0.162. The largest absolute Gasteiger partial charge is 0.472 e. The Morgan fingerprint density at radius 2 is 1.79 bits per heavy atom. The summed E-state index contributed by atoms with van der Waals surface area (Å²) in [6.45, 7) is 0.974. The molecule has 0 amide bonds. The van der Waals surface area contributed by atoms with E-state index in [4.69, 9.17) is 9.05 Å². The van der Waals surface area contributed by atoms with E-state index in [-0.39, 0.29) is 13.2 Å². The number of rotatable bonds is 9. The summed E-state index contributed by atoms with van der Waals surface area (Å²) in [5, 5.41) is 0. The molecule has 1 atom stereocenters. The van der Waals surface area contributed by atoms with Gasteiger partial charge in [-0.1, -0.05) is 30.3 Å². The third kappa shape index (κ3) is 8.14. The van der Waals surface area contributed by atoms with Crippen molar-refractivity contribution in [3.63, 3.8) is 0 Å². The number of phosphoric ester groups is 1. The van der Waals surface area contributed by atoms with E-state index in [0.29, 0.717) is 13.0 Å². The zero-order chi connectivity index (χ0) is 14.1. The maximum absolute atomic E-state index is 11.5. The average molecular weight is 287 g/mol. The zero-order valence-electron chi connectivity index (χ0n) is 11.5. The third-order valence-electron chi connectivity index (χ3n) is 2.50. The van der Waals surface area contributed by atoms with Crippen molar-refractivity contribution >= 4 is 7.82 Å². The topological polar surface area (TPSA) is 59.0 Å². The normalized spacial score (nSPS) is 14.5. The second-order valence-corrected chi connectivity index (χ2v) is 5.98. The smallest absolute Gasteiger partial charge is 0.307 e. The van der Waals surface area contributed by atoms with Gasteiger partial charge in [0, 0.05) is 6.54 Å². The molecule has 1 rings (SSSR count). The van der Waals surface area contributed by atoms with E-state index < -0.39 is 7.82 Å². The number of benzene rings is 1. The minimum Gasteiger partial charge on any atom is -0.307 e. The number of aryl methyl sites for hydroxylation is 1. The van der Waals surface area contributed by atoms with Crippen LogP contribution in [0.25, 0.3) is 0 Å². The van der Waals surface area contributed by atoms with Crippen LogP contribution in [-0.2, 0) is 20.0 Å². The minimum atomic E-state index is -3.90. The highest BCUT2D eigenvalue weighted by atomic mass is 31.2.